The summed E-state index contributed by atoms with van der Waals surface area (Å²) in [5.74, 6) is 0.661. The summed E-state index contributed by atoms with van der Waals surface area (Å²) < 4.78 is 6.26. The van der Waals surface area contributed by atoms with Crippen LogP contribution in [0.3, 0.4) is 0 Å². The molecular formula is C18H21ClN2O3. The van der Waals surface area contributed by atoms with E-state index in [0.29, 0.717) is 28.9 Å². The van der Waals surface area contributed by atoms with Crippen LogP contribution >= 0.6 is 11.6 Å². The van der Waals surface area contributed by atoms with Crippen molar-refractivity contribution in [3.8, 4) is 5.75 Å². The first-order valence-corrected chi connectivity index (χ1v) is 9.00. The van der Waals surface area contributed by atoms with Gasteiger partial charge in [0.25, 0.3) is 5.91 Å². The van der Waals surface area contributed by atoms with Crippen molar-refractivity contribution in [3.05, 3.63) is 28.8 Å². The Morgan fingerprint density at radius 1 is 1.25 bits per heavy atom. The molecule has 0 atom stereocenters. The topological polar surface area (TPSA) is 67.4 Å². The molecule has 2 saturated carbocycles. The largest absolute Gasteiger partial charge is 0.485 e. The predicted molar refractivity (Wildman–Crippen MR) is 90.3 cm³/mol. The molecule has 5 nitrogen and oxygen atoms in total. The zero-order valence-corrected chi connectivity index (χ0v) is 14.2. The van der Waals surface area contributed by atoms with Crippen LogP contribution in [-0.2, 0) is 4.79 Å². The summed E-state index contributed by atoms with van der Waals surface area (Å²) >= 11 is 5.99. The lowest BCUT2D eigenvalue weighted by molar-refractivity contribution is -0.127. The molecule has 0 radical (unpaired) electrons. The smallest absolute Gasteiger partial charge is 0.255 e. The normalized spacial score (nSPS) is 29.2. The van der Waals surface area contributed by atoms with Gasteiger partial charge in [0.2, 0.25) is 5.91 Å². The molecule has 6 heteroatoms. The lowest BCUT2D eigenvalue weighted by Crippen LogP contribution is -2.49. The molecule has 0 saturated heterocycles. The fourth-order valence-electron chi connectivity index (χ4n) is 3.61. The van der Waals surface area contributed by atoms with E-state index in [1.807, 2.05) is 0 Å². The summed E-state index contributed by atoms with van der Waals surface area (Å²) in [5.41, 5.74) is 0.0541. The number of nitrogens with one attached hydrogen (secondary N) is 2. The van der Waals surface area contributed by atoms with Crippen LogP contribution in [0.15, 0.2) is 18.2 Å². The first-order valence-electron chi connectivity index (χ1n) is 8.62. The lowest BCUT2D eigenvalue weighted by atomic mass is 9.78. The molecule has 2 N–H and O–H groups in total. The Kier molecular flexibility index (Phi) is 3.91. The van der Waals surface area contributed by atoms with E-state index >= 15 is 0 Å². The highest BCUT2D eigenvalue weighted by atomic mass is 35.5. The highest BCUT2D eigenvalue weighted by molar-refractivity contribution is 6.31. The maximum Gasteiger partial charge on any atom is 0.255 e. The summed E-state index contributed by atoms with van der Waals surface area (Å²) in [6, 6.07) is 5.54. The van der Waals surface area contributed by atoms with Crippen molar-refractivity contribution in [2.24, 2.45) is 5.92 Å². The second kappa shape index (κ2) is 5.96. The van der Waals surface area contributed by atoms with E-state index < -0.39 is 5.60 Å². The average Bonchev–Trinajstić information content (AvgIpc) is 3.39. The number of fused-ring (bicyclic) bond motifs is 1. The Balaban J connectivity index is 1.47. The van der Waals surface area contributed by atoms with Gasteiger partial charge in [-0.05, 0) is 56.7 Å². The molecule has 2 aliphatic carbocycles. The van der Waals surface area contributed by atoms with Crippen LogP contribution in [0.1, 0.15) is 48.9 Å². The van der Waals surface area contributed by atoms with E-state index in [1.54, 1.807) is 18.2 Å². The van der Waals surface area contributed by atoms with E-state index in [0.717, 1.165) is 38.5 Å². The molecule has 1 aromatic carbocycles. The molecule has 2 amide bonds. The lowest BCUT2D eigenvalue weighted by Gasteiger charge is -2.39. The van der Waals surface area contributed by atoms with Crippen molar-refractivity contribution in [2.75, 3.05) is 6.54 Å². The van der Waals surface area contributed by atoms with Gasteiger partial charge in [0.1, 0.15) is 11.4 Å². The fourth-order valence-corrected chi connectivity index (χ4v) is 3.78. The van der Waals surface area contributed by atoms with E-state index in [2.05, 4.69) is 10.6 Å². The van der Waals surface area contributed by atoms with E-state index in [-0.39, 0.29) is 17.7 Å². The average molecular weight is 349 g/mol. The number of rotatable bonds is 2. The number of halogens is 1. The maximum absolute atomic E-state index is 12.3. The van der Waals surface area contributed by atoms with Crippen LogP contribution in [-0.4, -0.2) is 30.0 Å². The summed E-state index contributed by atoms with van der Waals surface area (Å²) in [4.78, 5) is 24.5. The van der Waals surface area contributed by atoms with Crippen LogP contribution < -0.4 is 15.4 Å². The molecular weight excluding hydrogens is 328 g/mol. The van der Waals surface area contributed by atoms with Gasteiger partial charge in [-0.1, -0.05) is 11.6 Å². The number of hydrogen-bond acceptors (Lipinski definition) is 3. The van der Waals surface area contributed by atoms with Gasteiger partial charge in [-0.25, -0.2) is 0 Å². The molecule has 0 aromatic heterocycles. The van der Waals surface area contributed by atoms with Crippen LogP contribution in [0.25, 0.3) is 0 Å². The van der Waals surface area contributed by atoms with Gasteiger partial charge in [0.15, 0.2) is 0 Å². The Labute approximate surface area is 146 Å². The van der Waals surface area contributed by atoms with Gasteiger partial charge in [-0.3, -0.25) is 9.59 Å². The SMILES string of the molecule is O=C1NCC2(CCC(C(=O)NC3CC3)CC2)Oc2ccc(Cl)cc21. The molecule has 3 aliphatic rings. The molecule has 128 valence electrons. The van der Waals surface area contributed by atoms with Crippen molar-refractivity contribution >= 4 is 23.4 Å². The van der Waals surface area contributed by atoms with E-state index in [9.17, 15) is 9.59 Å². The first-order chi connectivity index (χ1) is 11.5. The molecule has 2 fully saturated rings. The van der Waals surface area contributed by atoms with E-state index in [1.165, 1.54) is 0 Å². The minimum absolute atomic E-state index is 0.0588. The van der Waals surface area contributed by atoms with Gasteiger partial charge >= 0.3 is 0 Å². The number of amides is 2. The Morgan fingerprint density at radius 3 is 2.71 bits per heavy atom. The zero-order valence-electron chi connectivity index (χ0n) is 13.4. The third-order valence-electron chi connectivity index (χ3n) is 5.28. The third kappa shape index (κ3) is 3.09. The van der Waals surface area contributed by atoms with Gasteiger partial charge in [-0.2, -0.15) is 0 Å². The van der Waals surface area contributed by atoms with E-state index in [4.69, 9.17) is 16.3 Å². The molecule has 24 heavy (non-hydrogen) atoms. The van der Waals surface area contributed by atoms with Crippen LogP contribution in [0.4, 0.5) is 0 Å². The molecule has 1 heterocycles. The van der Waals surface area contributed by atoms with Crippen molar-refractivity contribution in [2.45, 2.75) is 50.2 Å². The standard InChI is InChI=1S/C18H21ClN2O3/c19-12-1-4-15-14(9-12)17(23)20-10-18(24-15)7-5-11(6-8-18)16(22)21-13-2-3-13/h1,4,9,11,13H,2-3,5-8,10H2,(H,20,23)(H,21,22). The Bertz CT molecular complexity index is 679. The Hall–Kier alpha value is -1.75. The minimum atomic E-state index is -0.425. The molecule has 1 aliphatic heterocycles. The fraction of sp³-hybridized carbons (Fsp3) is 0.556. The van der Waals surface area contributed by atoms with Crippen LogP contribution in [0.2, 0.25) is 5.02 Å². The monoisotopic (exact) mass is 348 g/mol. The van der Waals surface area contributed by atoms with Gasteiger partial charge < -0.3 is 15.4 Å². The van der Waals surface area contributed by atoms with Crippen molar-refractivity contribution in [3.63, 3.8) is 0 Å². The highest BCUT2D eigenvalue weighted by Crippen LogP contribution is 2.39. The van der Waals surface area contributed by atoms with Gasteiger partial charge in [0.05, 0.1) is 12.1 Å². The second-order valence-corrected chi connectivity index (χ2v) is 7.60. The number of carbonyl (C=O) groups is 2. The van der Waals surface area contributed by atoms with Crippen molar-refractivity contribution in [1.29, 1.82) is 0 Å². The number of ether oxygens (including phenoxy) is 1. The molecule has 0 unspecified atom stereocenters. The molecule has 4 rings (SSSR count). The number of carbonyl (C=O) groups excluding carboxylic acids is 2. The summed E-state index contributed by atoms with van der Waals surface area (Å²) in [5, 5.41) is 6.56. The maximum atomic E-state index is 12.3. The quantitative estimate of drug-likeness (QED) is 0.863. The summed E-state index contributed by atoms with van der Waals surface area (Å²) in [6.45, 7) is 0.467. The third-order valence-corrected chi connectivity index (χ3v) is 5.51. The minimum Gasteiger partial charge on any atom is -0.485 e. The molecule has 0 bridgehead atoms. The predicted octanol–water partition coefficient (Wildman–Crippen LogP) is 2.67. The molecule has 1 spiro atoms. The summed E-state index contributed by atoms with van der Waals surface area (Å²) in [6.07, 6.45) is 5.32. The highest BCUT2D eigenvalue weighted by Gasteiger charge is 2.42. The van der Waals surface area contributed by atoms with Crippen LogP contribution in [0, 0.1) is 5.92 Å². The first kappa shape index (κ1) is 15.8. The zero-order chi connectivity index (χ0) is 16.7. The number of benzene rings is 1. The van der Waals surface area contributed by atoms with Crippen molar-refractivity contribution in [1.82, 2.24) is 10.6 Å². The van der Waals surface area contributed by atoms with Crippen molar-refractivity contribution < 1.29 is 14.3 Å². The summed E-state index contributed by atoms with van der Waals surface area (Å²) in [7, 11) is 0. The number of hydrogen-bond donors (Lipinski definition) is 2. The second-order valence-electron chi connectivity index (χ2n) is 7.17. The van der Waals surface area contributed by atoms with Gasteiger partial charge in [0, 0.05) is 17.0 Å². The molecule has 1 aromatic rings. The van der Waals surface area contributed by atoms with Gasteiger partial charge in [-0.15, -0.1) is 0 Å². The van der Waals surface area contributed by atoms with Crippen LogP contribution in [0.5, 0.6) is 5.75 Å². The Morgan fingerprint density at radius 2 is 2.00 bits per heavy atom.